The minimum absolute atomic E-state index is 0.0692. The van der Waals surface area contributed by atoms with Gasteiger partial charge in [0.05, 0.1) is 6.61 Å². The van der Waals surface area contributed by atoms with Crippen molar-refractivity contribution >= 4 is 64.1 Å². The van der Waals surface area contributed by atoms with E-state index in [2.05, 4.69) is 15.9 Å². The van der Waals surface area contributed by atoms with Crippen molar-refractivity contribution in [2.24, 2.45) is 0 Å². The van der Waals surface area contributed by atoms with Crippen molar-refractivity contribution in [1.29, 1.82) is 0 Å². The van der Waals surface area contributed by atoms with Crippen LogP contribution in [-0.4, -0.2) is 62.6 Å². The first-order chi connectivity index (χ1) is 12.2. The van der Waals surface area contributed by atoms with Crippen LogP contribution in [0.4, 0.5) is 11.4 Å². The summed E-state index contributed by atoms with van der Waals surface area (Å²) in [5, 5.41) is 0. The molecule has 1 aromatic carbocycles. The van der Waals surface area contributed by atoms with Gasteiger partial charge in [0.25, 0.3) is 0 Å². The number of rotatable bonds is 14. The van der Waals surface area contributed by atoms with Gasteiger partial charge < -0.3 is 19.3 Å². The highest BCUT2D eigenvalue weighted by molar-refractivity contribution is 6.19. The SMILES string of the molecule is O=CCOCc1cc(N(CCCl)CCCl)cc(N(CCCl)CCCl)c1. The van der Waals surface area contributed by atoms with Gasteiger partial charge in [-0.2, -0.15) is 0 Å². The van der Waals surface area contributed by atoms with Crippen molar-refractivity contribution in [2.45, 2.75) is 6.61 Å². The average molecular weight is 430 g/mol. The lowest BCUT2D eigenvalue weighted by molar-refractivity contribution is -0.112. The van der Waals surface area contributed by atoms with Crippen LogP contribution in [0.2, 0.25) is 0 Å². The summed E-state index contributed by atoms with van der Waals surface area (Å²) in [6, 6.07) is 6.15. The maximum atomic E-state index is 10.5. The second-order valence-corrected chi connectivity index (χ2v) is 6.78. The number of hydrogen-bond donors (Lipinski definition) is 0. The molecule has 25 heavy (non-hydrogen) atoms. The molecule has 0 aromatic heterocycles. The zero-order chi connectivity index (χ0) is 18.5. The molecule has 0 aliphatic rings. The number of ether oxygens (including phenoxy) is 1. The highest BCUT2D eigenvalue weighted by Crippen LogP contribution is 2.26. The van der Waals surface area contributed by atoms with Crippen molar-refractivity contribution in [1.82, 2.24) is 0 Å². The number of hydrogen-bond acceptors (Lipinski definition) is 4. The van der Waals surface area contributed by atoms with Gasteiger partial charge in [0.1, 0.15) is 12.9 Å². The zero-order valence-electron chi connectivity index (χ0n) is 14.1. The summed E-state index contributed by atoms with van der Waals surface area (Å²) in [4.78, 5) is 14.7. The fourth-order valence-corrected chi connectivity index (χ4v) is 3.29. The molecular weight excluding hydrogens is 406 g/mol. The van der Waals surface area contributed by atoms with E-state index in [1.807, 2.05) is 12.1 Å². The summed E-state index contributed by atoms with van der Waals surface area (Å²) in [5.41, 5.74) is 2.99. The van der Waals surface area contributed by atoms with Gasteiger partial charge in [0.2, 0.25) is 0 Å². The van der Waals surface area contributed by atoms with Crippen LogP contribution in [-0.2, 0) is 16.1 Å². The Balaban J connectivity index is 3.16. The van der Waals surface area contributed by atoms with E-state index < -0.39 is 0 Å². The molecule has 4 nitrogen and oxygen atoms in total. The van der Waals surface area contributed by atoms with Crippen molar-refractivity contribution in [3.8, 4) is 0 Å². The standard InChI is InChI=1S/C17H24Cl4N2O2/c18-1-5-22(6-2-19)16-11-15(14-25-10-9-24)12-17(13-16)23(7-3-20)8-4-21/h9,11-13H,1-8,10,14H2. The molecule has 0 saturated carbocycles. The van der Waals surface area contributed by atoms with Gasteiger partial charge >= 0.3 is 0 Å². The molecule has 0 amide bonds. The second kappa shape index (κ2) is 13.8. The Hall–Kier alpha value is -0.390. The molecule has 1 aromatic rings. The first-order valence-electron chi connectivity index (χ1n) is 8.09. The molecule has 0 atom stereocenters. The van der Waals surface area contributed by atoms with E-state index in [1.54, 1.807) is 0 Å². The Morgan fingerprint density at radius 1 is 0.800 bits per heavy atom. The fourth-order valence-electron chi connectivity index (χ4n) is 2.48. The third-order valence-electron chi connectivity index (χ3n) is 3.56. The monoisotopic (exact) mass is 428 g/mol. The third-order valence-corrected chi connectivity index (χ3v) is 4.24. The van der Waals surface area contributed by atoms with Gasteiger partial charge in [-0.3, -0.25) is 0 Å². The molecule has 0 fully saturated rings. The zero-order valence-corrected chi connectivity index (χ0v) is 17.1. The molecular formula is C17H24Cl4N2O2. The normalized spacial score (nSPS) is 10.7. The number of carbonyl (C=O) groups excluding carboxylic acids is 1. The highest BCUT2D eigenvalue weighted by atomic mass is 35.5. The lowest BCUT2D eigenvalue weighted by atomic mass is 10.1. The minimum atomic E-state index is 0.0692. The quantitative estimate of drug-likeness (QED) is 0.254. The first-order valence-corrected chi connectivity index (χ1v) is 10.2. The molecule has 0 aliphatic heterocycles. The molecule has 0 unspecified atom stereocenters. The molecule has 0 heterocycles. The Labute approximate surface area is 169 Å². The summed E-state index contributed by atoms with van der Waals surface area (Å²) in [5.74, 6) is 2.02. The van der Waals surface area contributed by atoms with Crippen LogP contribution in [0.5, 0.6) is 0 Å². The lowest BCUT2D eigenvalue weighted by Gasteiger charge is -2.28. The number of carbonyl (C=O) groups is 1. The van der Waals surface area contributed by atoms with Gasteiger partial charge in [-0.15, -0.1) is 46.4 Å². The maximum absolute atomic E-state index is 10.5. The smallest absolute Gasteiger partial charge is 0.145 e. The van der Waals surface area contributed by atoms with Crippen molar-refractivity contribution in [3.63, 3.8) is 0 Å². The number of benzene rings is 1. The summed E-state index contributed by atoms with van der Waals surface area (Å²) in [7, 11) is 0. The average Bonchev–Trinajstić information content (AvgIpc) is 2.61. The van der Waals surface area contributed by atoms with Gasteiger partial charge in [-0.05, 0) is 23.8 Å². The molecule has 0 aliphatic carbocycles. The van der Waals surface area contributed by atoms with Crippen molar-refractivity contribution in [2.75, 3.05) is 66.1 Å². The van der Waals surface area contributed by atoms with E-state index in [0.29, 0.717) is 56.3 Å². The Morgan fingerprint density at radius 3 is 1.60 bits per heavy atom. The topological polar surface area (TPSA) is 32.8 Å². The van der Waals surface area contributed by atoms with Crippen LogP contribution >= 0.6 is 46.4 Å². The molecule has 0 saturated heterocycles. The van der Waals surface area contributed by atoms with Crippen molar-refractivity contribution in [3.05, 3.63) is 23.8 Å². The van der Waals surface area contributed by atoms with E-state index in [4.69, 9.17) is 51.1 Å². The van der Waals surface area contributed by atoms with Crippen LogP contribution < -0.4 is 9.80 Å². The summed E-state index contributed by atoms with van der Waals surface area (Å²) >= 11 is 23.7. The first kappa shape index (κ1) is 22.7. The van der Waals surface area contributed by atoms with Crippen LogP contribution in [0.15, 0.2) is 18.2 Å². The summed E-state index contributed by atoms with van der Waals surface area (Å²) < 4.78 is 5.37. The molecule has 0 radical (unpaired) electrons. The second-order valence-electron chi connectivity index (χ2n) is 5.27. The molecule has 0 N–H and O–H groups in total. The van der Waals surface area contributed by atoms with Crippen molar-refractivity contribution < 1.29 is 9.53 Å². The Bertz CT molecular complexity index is 459. The predicted octanol–water partition coefficient (Wildman–Crippen LogP) is 3.97. The Kier molecular flexibility index (Phi) is 12.5. The van der Waals surface area contributed by atoms with Gasteiger partial charge in [0, 0.05) is 61.1 Å². The van der Waals surface area contributed by atoms with Crippen LogP contribution in [0.1, 0.15) is 5.56 Å². The summed E-state index contributed by atoms with van der Waals surface area (Å²) in [6.07, 6.45) is 0.741. The minimum Gasteiger partial charge on any atom is -0.369 e. The van der Waals surface area contributed by atoms with Crippen LogP contribution in [0.3, 0.4) is 0 Å². The lowest BCUT2D eigenvalue weighted by Crippen LogP contribution is -2.30. The number of halogens is 4. The number of nitrogens with zero attached hydrogens (tertiary/aromatic N) is 2. The van der Waals surface area contributed by atoms with E-state index in [9.17, 15) is 4.79 Å². The molecule has 0 spiro atoms. The van der Waals surface area contributed by atoms with E-state index in [1.165, 1.54) is 0 Å². The van der Waals surface area contributed by atoms with Gasteiger partial charge in [0.15, 0.2) is 0 Å². The van der Waals surface area contributed by atoms with E-state index in [-0.39, 0.29) is 6.61 Å². The fraction of sp³-hybridized carbons (Fsp3) is 0.588. The highest BCUT2D eigenvalue weighted by Gasteiger charge is 2.13. The number of aldehydes is 1. The summed E-state index contributed by atoms with van der Waals surface area (Å²) in [6.45, 7) is 3.19. The number of anilines is 2. The van der Waals surface area contributed by atoms with Gasteiger partial charge in [-0.1, -0.05) is 0 Å². The Morgan fingerprint density at radius 2 is 1.24 bits per heavy atom. The van der Waals surface area contributed by atoms with Gasteiger partial charge in [-0.25, -0.2) is 0 Å². The molecule has 0 bridgehead atoms. The number of alkyl halides is 4. The molecule has 8 heteroatoms. The third kappa shape index (κ3) is 8.23. The predicted molar refractivity (Wildman–Crippen MR) is 109 cm³/mol. The maximum Gasteiger partial charge on any atom is 0.145 e. The molecule has 142 valence electrons. The van der Waals surface area contributed by atoms with E-state index in [0.717, 1.165) is 23.2 Å². The van der Waals surface area contributed by atoms with Crippen LogP contribution in [0.25, 0.3) is 0 Å². The van der Waals surface area contributed by atoms with E-state index >= 15 is 0 Å². The molecule has 1 rings (SSSR count). The largest absolute Gasteiger partial charge is 0.369 e. The van der Waals surface area contributed by atoms with Crippen LogP contribution in [0, 0.1) is 0 Å².